The molecule has 6 nitrogen and oxygen atoms in total. The number of benzene rings is 2. The van der Waals surface area contributed by atoms with Gasteiger partial charge in [-0.2, -0.15) is 0 Å². The molecular formula is C24H23N3O3S. The van der Waals surface area contributed by atoms with E-state index in [-0.39, 0.29) is 11.1 Å². The average molecular weight is 434 g/mol. The van der Waals surface area contributed by atoms with Gasteiger partial charge in [0.05, 0.1) is 5.69 Å². The Hall–Kier alpha value is -3.58. The van der Waals surface area contributed by atoms with E-state index >= 15 is 0 Å². The first-order valence-electron chi connectivity index (χ1n) is 9.60. The number of thioether (sulfide) groups is 1. The Bertz CT molecular complexity index is 1050. The van der Waals surface area contributed by atoms with E-state index in [0.717, 1.165) is 28.6 Å². The number of carbonyl (C=O) groups excluding carboxylic acids is 2. The summed E-state index contributed by atoms with van der Waals surface area (Å²) in [4.78, 5) is 30.6. The first kappa shape index (κ1) is 22.1. The lowest BCUT2D eigenvalue weighted by Crippen LogP contribution is -2.16. The molecule has 1 N–H and O–H groups in total. The summed E-state index contributed by atoms with van der Waals surface area (Å²) in [5, 5.41) is 2.72. The zero-order chi connectivity index (χ0) is 22.1. The number of pyridine rings is 1. The topological polar surface area (TPSA) is 71.5 Å². The van der Waals surface area contributed by atoms with Crippen molar-refractivity contribution >= 4 is 34.7 Å². The maximum atomic E-state index is 12.4. The molecule has 0 atom stereocenters. The zero-order valence-corrected chi connectivity index (χ0v) is 18.1. The Morgan fingerprint density at radius 3 is 2.55 bits per heavy atom. The Balaban J connectivity index is 1.56. The number of ether oxygens (including phenoxy) is 1. The van der Waals surface area contributed by atoms with Gasteiger partial charge in [0.1, 0.15) is 12.4 Å². The molecule has 0 saturated heterocycles. The van der Waals surface area contributed by atoms with Gasteiger partial charge in [-0.1, -0.05) is 30.3 Å². The van der Waals surface area contributed by atoms with Crippen LogP contribution in [0, 0.1) is 0 Å². The third-order valence-electron chi connectivity index (χ3n) is 4.14. The molecule has 7 heteroatoms. The van der Waals surface area contributed by atoms with E-state index in [1.807, 2.05) is 48.5 Å². The molecule has 0 radical (unpaired) electrons. The summed E-state index contributed by atoms with van der Waals surface area (Å²) in [6.45, 7) is 0.444. The number of hydrogen-bond donors (Lipinski definition) is 1. The molecule has 2 amide bonds. The van der Waals surface area contributed by atoms with Gasteiger partial charge >= 0.3 is 0 Å². The summed E-state index contributed by atoms with van der Waals surface area (Å²) >= 11 is 1.07. The number of hydrogen-bond acceptors (Lipinski definition) is 5. The third kappa shape index (κ3) is 7.01. The van der Waals surface area contributed by atoms with Gasteiger partial charge in [-0.3, -0.25) is 14.6 Å². The molecule has 0 aliphatic rings. The summed E-state index contributed by atoms with van der Waals surface area (Å²) in [7, 11) is 3.38. The molecule has 1 heterocycles. The van der Waals surface area contributed by atoms with Crippen LogP contribution in [0.25, 0.3) is 6.08 Å². The van der Waals surface area contributed by atoms with Crippen LogP contribution in [0.3, 0.4) is 0 Å². The molecule has 2 aromatic carbocycles. The zero-order valence-electron chi connectivity index (χ0n) is 17.3. The van der Waals surface area contributed by atoms with E-state index < -0.39 is 0 Å². The van der Waals surface area contributed by atoms with Crippen molar-refractivity contribution < 1.29 is 14.3 Å². The van der Waals surface area contributed by atoms with E-state index in [1.54, 1.807) is 44.7 Å². The first-order valence-corrected chi connectivity index (χ1v) is 10.4. The van der Waals surface area contributed by atoms with Gasteiger partial charge in [-0.05, 0) is 53.7 Å². The summed E-state index contributed by atoms with van der Waals surface area (Å²) in [5.41, 5.74) is 2.46. The lowest BCUT2D eigenvalue weighted by atomic mass is 10.2. The number of nitrogens with one attached hydrogen (secondary N) is 1. The van der Waals surface area contributed by atoms with Crippen LogP contribution in [0.5, 0.6) is 5.75 Å². The van der Waals surface area contributed by atoms with Gasteiger partial charge in [0.2, 0.25) is 5.91 Å². The van der Waals surface area contributed by atoms with Crippen LogP contribution in [0.1, 0.15) is 11.1 Å². The van der Waals surface area contributed by atoms with Crippen molar-refractivity contribution in [3.05, 3.63) is 90.3 Å². The van der Waals surface area contributed by atoms with Gasteiger partial charge in [0.15, 0.2) is 0 Å². The quantitative estimate of drug-likeness (QED) is 0.415. The van der Waals surface area contributed by atoms with Crippen LogP contribution >= 0.6 is 11.8 Å². The van der Waals surface area contributed by atoms with Crippen molar-refractivity contribution in [3.63, 3.8) is 0 Å². The van der Waals surface area contributed by atoms with Crippen LogP contribution in [-0.2, 0) is 11.4 Å². The molecule has 0 saturated carbocycles. The summed E-state index contributed by atoms with van der Waals surface area (Å²) < 4.78 is 5.74. The van der Waals surface area contributed by atoms with Crippen molar-refractivity contribution in [1.29, 1.82) is 0 Å². The predicted octanol–water partition coefficient (Wildman–Crippen LogP) is 5.09. The van der Waals surface area contributed by atoms with Crippen LogP contribution in [-0.4, -0.2) is 35.1 Å². The number of rotatable bonds is 7. The van der Waals surface area contributed by atoms with Crippen LogP contribution in [0.4, 0.5) is 10.5 Å². The lowest BCUT2D eigenvalue weighted by molar-refractivity contribution is -0.111. The molecule has 0 fully saturated rings. The Morgan fingerprint density at radius 1 is 1.06 bits per heavy atom. The molecule has 0 bridgehead atoms. The number of anilines is 1. The Kier molecular flexibility index (Phi) is 7.84. The highest BCUT2D eigenvalue weighted by Gasteiger charge is 2.11. The number of aromatic nitrogens is 1. The molecule has 0 aliphatic heterocycles. The number of para-hydroxylation sites is 1. The lowest BCUT2D eigenvalue weighted by Gasteiger charge is -2.12. The molecule has 3 rings (SSSR count). The highest BCUT2D eigenvalue weighted by Crippen LogP contribution is 2.28. The Morgan fingerprint density at radius 2 is 1.84 bits per heavy atom. The minimum Gasteiger partial charge on any atom is -0.489 e. The first-order chi connectivity index (χ1) is 15.0. The summed E-state index contributed by atoms with van der Waals surface area (Å²) in [5.74, 6) is 0.462. The molecule has 3 aromatic rings. The fourth-order valence-corrected chi connectivity index (χ4v) is 3.26. The second-order valence-corrected chi connectivity index (χ2v) is 7.79. The highest BCUT2D eigenvalue weighted by atomic mass is 32.2. The number of carbonyl (C=O) groups is 2. The predicted molar refractivity (Wildman–Crippen MR) is 124 cm³/mol. The van der Waals surface area contributed by atoms with E-state index in [9.17, 15) is 9.59 Å². The minimum atomic E-state index is -0.276. The van der Waals surface area contributed by atoms with E-state index in [4.69, 9.17) is 4.74 Å². The Labute approximate surface area is 185 Å². The molecule has 0 unspecified atom stereocenters. The average Bonchev–Trinajstić information content (AvgIpc) is 2.79. The van der Waals surface area contributed by atoms with E-state index in [0.29, 0.717) is 17.2 Å². The van der Waals surface area contributed by atoms with Gasteiger partial charge in [-0.25, -0.2) is 0 Å². The highest BCUT2D eigenvalue weighted by molar-refractivity contribution is 8.13. The fourth-order valence-electron chi connectivity index (χ4n) is 2.52. The monoisotopic (exact) mass is 433 g/mol. The minimum absolute atomic E-state index is 0.108. The van der Waals surface area contributed by atoms with Crippen molar-refractivity contribution in [1.82, 2.24) is 9.88 Å². The fraction of sp³-hybridized carbons (Fsp3) is 0.125. The number of nitrogens with zero attached hydrogens (tertiary/aromatic N) is 2. The maximum Gasteiger partial charge on any atom is 0.286 e. The van der Waals surface area contributed by atoms with Crippen LogP contribution < -0.4 is 10.1 Å². The van der Waals surface area contributed by atoms with Crippen molar-refractivity contribution in [3.8, 4) is 5.75 Å². The largest absolute Gasteiger partial charge is 0.489 e. The number of amides is 2. The normalized spacial score (nSPS) is 10.6. The van der Waals surface area contributed by atoms with Crippen LogP contribution in [0.15, 0.2) is 84.0 Å². The summed E-state index contributed by atoms with van der Waals surface area (Å²) in [6, 6.07) is 18.5. The van der Waals surface area contributed by atoms with Gasteiger partial charge < -0.3 is 15.0 Å². The standard InChI is InChI=1S/C24H23N3O3S/c1-27(2)24(29)31-22-8-4-3-7-21(22)26-23(28)14-11-18-9-12-20(13-10-18)30-17-19-6-5-15-25-16-19/h3-16H,17H2,1-2H3,(H,26,28)/b14-11+. The third-order valence-corrected chi connectivity index (χ3v) is 5.26. The summed E-state index contributed by atoms with van der Waals surface area (Å²) in [6.07, 6.45) is 6.67. The molecule has 0 aliphatic carbocycles. The molecule has 31 heavy (non-hydrogen) atoms. The van der Waals surface area contributed by atoms with E-state index in [2.05, 4.69) is 10.3 Å². The van der Waals surface area contributed by atoms with Gasteiger partial charge in [0.25, 0.3) is 5.24 Å². The van der Waals surface area contributed by atoms with Crippen molar-refractivity contribution in [2.75, 3.05) is 19.4 Å². The molecular weight excluding hydrogens is 410 g/mol. The molecule has 1 aromatic heterocycles. The molecule has 0 spiro atoms. The van der Waals surface area contributed by atoms with Crippen LogP contribution in [0.2, 0.25) is 0 Å². The molecule has 158 valence electrons. The van der Waals surface area contributed by atoms with E-state index in [1.165, 1.54) is 11.0 Å². The smallest absolute Gasteiger partial charge is 0.286 e. The van der Waals surface area contributed by atoms with Crippen molar-refractivity contribution in [2.45, 2.75) is 11.5 Å². The van der Waals surface area contributed by atoms with Gasteiger partial charge in [0, 0.05) is 43.0 Å². The van der Waals surface area contributed by atoms with Crippen molar-refractivity contribution in [2.24, 2.45) is 0 Å². The maximum absolute atomic E-state index is 12.4. The van der Waals surface area contributed by atoms with Gasteiger partial charge in [-0.15, -0.1) is 0 Å². The second kappa shape index (κ2) is 11.0. The SMILES string of the molecule is CN(C)C(=O)Sc1ccccc1NC(=O)/C=C/c1ccc(OCc2cccnc2)cc1. The second-order valence-electron chi connectivity index (χ2n) is 6.80.